The summed E-state index contributed by atoms with van der Waals surface area (Å²) in [6.07, 6.45) is 2.27. The number of likely N-dealkylation sites (N-methyl/N-ethyl adjacent to an activating group) is 2. The number of para-hydroxylation sites is 1. The second kappa shape index (κ2) is 5.88. The van der Waals surface area contributed by atoms with Crippen LogP contribution in [0.4, 0.5) is 10.1 Å². The third-order valence-electron chi connectivity index (χ3n) is 4.19. The first kappa shape index (κ1) is 14.3. The molecular formula is C15H23FN2O. The second-order valence-electron chi connectivity index (χ2n) is 5.30. The first-order valence-electron chi connectivity index (χ1n) is 6.96. The Hall–Kier alpha value is -1.13. The van der Waals surface area contributed by atoms with Crippen molar-refractivity contribution in [2.24, 2.45) is 5.92 Å². The first-order valence-corrected chi connectivity index (χ1v) is 6.96. The third kappa shape index (κ3) is 2.90. The molecule has 1 fully saturated rings. The molecule has 1 atom stereocenters. The molecule has 0 aromatic heterocycles. The molecule has 2 N–H and O–H groups in total. The van der Waals surface area contributed by atoms with Gasteiger partial charge in [-0.25, -0.2) is 4.39 Å². The predicted molar refractivity (Wildman–Crippen MR) is 75.9 cm³/mol. The zero-order valence-corrected chi connectivity index (χ0v) is 11.7. The largest absolute Gasteiger partial charge is 0.394 e. The van der Waals surface area contributed by atoms with Crippen LogP contribution >= 0.6 is 0 Å². The zero-order chi connectivity index (χ0) is 13.9. The van der Waals surface area contributed by atoms with Gasteiger partial charge in [-0.3, -0.25) is 0 Å². The van der Waals surface area contributed by atoms with E-state index >= 15 is 0 Å². The lowest BCUT2D eigenvalue weighted by Gasteiger charge is -2.38. The molecule has 0 radical (unpaired) electrons. The summed E-state index contributed by atoms with van der Waals surface area (Å²) in [5.41, 5.74) is 0.289. The minimum atomic E-state index is -0.321. The Balaban J connectivity index is 2.20. The van der Waals surface area contributed by atoms with Crippen molar-refractivity contribution in [2.45, 2.75) is 25.3 Å². The SMILES string of the molecule is CCN(CC(CO)(NC)C1CC1)c1ccccc1F. The summed E-state index contributed by atoms with van der Waals surface area (Å²) >= 11 is 0. The van der Waals surface area contributed by atoms with Crippen LogP contribution in [0.2, 0.25) is 0 Å². The quantitative estimate of drug-likeness (QED) is 0.792. The molecule has 1 aliphatic carbocycles. The Bertz CT molecular complexity index is 416. The number of rotatable bonds is 7. The van der Waals surface area contributed by atoms with Gasteiger partial charge in [-0.2, -0.15) is 0 Å². The number of aliphatic hydroxyl groups excluding tert-OH is 1. The normalized spacial score (nSPS) is 18.1. The first-order chi connectivity index (χ1) is 9.16. The minimum Gasteiger partial charge on any atom is -0.394 e. The highest BCUT2D eigenvalue weighted by Gasteiger charge is 2.44. The average molecular weight is 266 g/mol. The van der Waals surface area contributed by atoms with E-state index < -0.39 is 0 Å². The van der Waals surface area contributed by atoms with Crippen molar-refractivity contribution in [1.82, 2.24) is 5.32 Å². The molecule has 1 unspecified atom stereocenters. The average Bonchev–Trinajstić information content (AvgIpc) is 3.27. The number of nitrogens with zero attached hydrogens (tertiary/aromatic N) is 1. The van der Waals surface area contributed by atoms with E-state index in [1.807, 2.05) is 24.9 Å². The highest BCUT2D eigenvalue weighted by molar-refractivity contribution is 5.48. The smallest absolute Gasteiger partial charge is 0.146 e. The molecular weight excluding hydrogens is 243 g/mol. The fourth-order valence-electron chi connectivity index (χ4n) is 2.72. The third-order valence-corrected chi connectivity index (χ3v) is 4.19. The Morgan fingerprint density at radius 2 is 2.11 bits per heavy atom. The molecule has 19 heavy (non-hydrogen) atoms. The van der Waals surface area contributed by atoms with E-state index in [1.165, 1.54) is 6.07 Å². The van der Waals surface area contributed by atoms with Crippen LogP contribution < -0.4 is 10.2 Å². The Morgan fingerprint density at radius 3 is 2.58 bits per heavy atom. The van der Waals surface area contributed by atoms with Gasteiger partial charge >= 0.3 is 0 Å². The molecule has 0 aliphatic heterocycles. The van der Waals surface area contributed by atoms with Crippen molar-refractivity contribution in [1.29, 1.82) is 0 Å². The molecule has 0 amide bonds. The maximum atomic E-state index is 13.9. The number of halogens is 1. The predicted octanol–water partition coefficient (Wildman–Crippen LogP) is 2.01. The van der Waals surface area contributed by atoms with Crippen molar-refractivity contribution >= 4 is 5.69 Å². The van der Waals surface area contributed by atoms with Crippen LogP contribution in [0.5, 0.6) is 0 Å². The van der Waals surface area contributed by atoms with E-state index in [2.05, 4.69) is 5.32 Å². The summed E-state index contributed by atoms with van der Waals surface area (Å²) in [5.74, 6) is 0.284. The van der Waals surface area contributed by atoms with Crippen molar-refractivity contribution in [3.8, 4) is 0 Å². The maximum Gasteiger partial charge on any atom is 0.146 e. The molecule has 0 heterocycles. The van der Waals surface area contributed by atoms with Crippen LogP contribution in [0, 0.1) is 11.7 Å². The van der Waals surface area contributed by atoms with Crippen LogP contribution in [-0.4, -0.2) is 37.4 Å². The van der Waals surface area contributed by atoms with Gasteiger partial charge < -0.3 is 15.3 Å². The number of hydrogen-bond donors (Lipinski definition) is 2. The number of nitrogens with one attached hydrogen (secondary N) is 1. The van der Waals surface area contributed by atoms with Gasteiger partial charge in [0.2, 0.25) is 0 Å². The van der Waals surface area contributed by atoms with Crippen molar-refractivity contribution in [3.63, 3.8) is 0 Å². The summed E-state index contributed by atoms with van der Waals surface area (Å²) in [7, 11) is 1.88. The molecule has 0 saturated heterocycles. The summed E-state index contributed by atoms with van der Waals surface area (Å²) in [4.78, 5) is 2.00. The van der Waals surface area contributed by atoms with E-state index in [0.717, 1.165) is 19.4 Å². The van der Waals surface area contributed by atoms with E-state index in [-0.39, 0.29) is 18.0 Å². The molecule has 0 spiro atoms. The minimum absolute atomic E-state index is 0.0825. The van der Waals surface area contributed by atoms with Crippen molar-refractivity contribution in [2.75, 3.05) is 31.6 Å². The fourth-order valence-corrected chi connectivity index (χ4v) is 2.72. The van der Waals surface area contributed by atoms with Gasteiger partial charge in [0.1, 0.15) is 5.82 Å². The van der Waals surface area contributed by atoms with Crippen LogP contribution in [-0.2, 0) is 0 Å². The summed E-state index contributed by atoms with van der Waals surface area (Å²) < 4.78 is 13.9. The summed E-state index contributed by atoms with van der Waals surface area (Å²) in [6, 6.07) is 6.82. The van der Waals surface area contributed by atoms with E-state index in [1.54, 1.807) is 12.1 Å². The lowest BCUT2D eigenvalue weighted by molar-refractivity contribution is 0.152. The lowest BCUT2D eigenvalue weighted by atomic mass is 9.93. The van der Waals surface area contributed by atoms with Crippen LogP contribution in [0.25, 0.3) is 0 Å². The van der Waals surface area contributed by atoms with E-state index in [0.29, 0.717) is 18.2 Å². The van der Waals surface area contributed by atoms with Gasteiger partial charge in [-0.1, -0.05) is 12.1 Å². The van der Waals surface area contributed by atoms with Gasteiger partial charge in [0.05, 0.1) is 17.8 Å². The van der Waals surface area contributed by atoms with Gasteiger partial charge in [0, 0.05) is 13.1 Å². The van der Waals surface area contributed by atoms with E-state index in [9.17, 15) is 9.50 Å². The van der Waals surface area contributed by atoms with E-state index in [4.69, 9.17) is 0 Å². The second-order valence-corrected chi connectivity index (χ2v) is 5.30. The van der Waals surface area contributed by atoms with Gasteiger partial charge in [0.15, 0.2) is 0 Å². The molecule has 1 aliphatic rings. The monoisotopic (exact) mass is 266 g/mol. The standard InChI is InChI=1S/C15H23FN2O/c1-3-18(14-7-5-4-6-13(14)16)10-15(11-19,17-2)12-8-9-12/h4-7,12,17,19H,3,8-11H2,1-2H3. The maximum absolute atomic E-state index is 13.9. The summed E-state index contributed by atoms with van der Waals surface area (Å²) in [6.45, 7) is 3.44. The lowest BCUT2D eigenvalue weighted by Crippen LogP contribution is -2.57. The van der Waals surface area contributed by atoms with Crippen LogP contribution in [0.3, 0.4) is 0 Å². The topological polar surface area (TPSA) is 35.5 Å². The Labute approximate surface area is 114 Å². The fraction of sp³-hybridized carbons (Fsp3) is 0.600. The van der Waals surface area contributed by atoms with Crippen molar-refractivity contribution < 1.29 is 9.50 Å². The van der Waals surface area contributed by atoms with Crippen LogP contribution in [0.1, 0.15) is 19.8 Å². The molecule has 4 heteroatoms. The molecule has 0 bridgehead atoms. The Morgan fingerprint density at radius 1 is 1.42 bits per heavy atom. The van der Waals surface area contributed by atoms with Crippen molar-refractivity contribution in [3.05, 3.63) is 30.1 Å². The molecule has 1 aromatic rings. The van der Waals surface area contributed by atoms with Gasteiger partial charge in [-0.05, 0) is 44.9 Å². The molecule has 1 saturated carbocycles. The van der Waals surface area contributed by atoms with Crippen LogP contribution in [0.15, 0.2) is 24.3 Å². The number of aliphatic hydroxyl groups is 1. The zero-order valence-electron chi connectivity index (χ0n) is 11.7. The number of anilines is 1. The Kier molecular flexibility index (Phi) is 4.42. The highest BCUT2D eigenvalue weighted by atomic mass is 19.1. The number of benzene rings is 1. The molecule has 1 aromatic carbocycles. The van der Waals surface area contributed by atoms with Gasteiger partial charge in [-0.15, -0.1) is 0 Å². The summed E-state index contributed by atoms with van der Waals surface area (Å²) in [5, 5.41) is 13.0. The number of hydrogen-bond acceptors (Lipinski definition) is 3. The van der Waals surface area contributed by atoms with Gasteiger partial charge in [0.25, 0.3) is 0 Å². The molecule has 2 rings (SSSR count). The molecule has 106 valence electrons. The molecule has 3 nitrogen and oxygen atoms in total. The highest BCUT2D eigenvalue weighted by Crippen LogP contribution is 2.40.